The minimum absolute atomic E-state index is 0.273. The minimum Gasteiger partial charge on any atom is -0.380 e. The fraction of sp³-hybridized carbons (Fsp3) is 0.286. The predicted octanol–water partition coefficient (Wildman–Crippen LogP) is 2.83. The van der Waals surface area contributed by atoms with E-state index in [2.05, 4.69) is 29.1 Å². The van der Waals surface area contributed by atoms with Gasteiger partial charge in [0.1, 0.15) is 0 Å². The van der Waals surface area contributed by atoms with Crippen LogP contribution < -0.4 is 10.0 Å². The molecule has 0 aliphatic rings. The van der Waals surface area contributed by atoms with Gasteiger partial charge in [0.05, 0.1) is 4.90 Å². The van der Waals surface area contributed by atoms with Gasteiger partial charge in [-0.25, -0.2) is 13.1 Å². The summed E-state index contributed by atoms with van der Waals surface area (Å²) in [5.41, 5.74) is 0.909. The molecule has 1 aromatic heterocycles. The number of benzene rings is 1. The van der Waals surface area contributed by atoms with Crippen molar-refractivity contribution in [3.05, 3.63) is 46.2 Å². The van der Waals surface area contributed by atoms with Crippen LogP contribution in [0.25, 0.3) is 0 Å². The lowest BCUT2D eigenvalue weighted by molar-refractivity contribution is 0.588. The van der Waals surface area contributed by atoms with E-state index in [1.807, 2.05) is 0 Å². The summed E-state index contributed by atoms with van der Waals surface area (Å²) in [5.74, 6) is 0. The molecule has 2 N–H and O–H groups in total. The molecule has 1 aromatic carbocycles. The summed E-state index contributed by atoms with van der Waals surface area (Å²) in [5, 5.41) is 3.29. The first-order valence-electron chi connectivity index (χ1n) is 6.40. The Balaban J connectivity index is 2.00. The zero-order valence-electron chi connectivity index (χ0n) is 11.5. The highest BCUT2D eigenvalue weighted by molar-refractivity contribution is 7.89. The lowest BCUT2D eigenvalue weighted by atomic mass is 10.3. The molecule has 108 valence electrons. The van der Waals surface area contributed by atoms with Crippen LogP contribution >= 0.6 is 11.3 Å². The normalized spacial score (nSPS) is 11.5. The molecule has 20 heavy (non-hydrogen) atoms. The Morgan fingerprint density at radius 1 is 1.05 bits per heavy atom. The Labute approximate surface area is 123 Å². The van der Waals surface area contributed by atoms with Gasteiger partial charge in [-0.15, -0.1) is 11.3 Å². The smallest absolute Gasteiger partial charge is 0.240 e. The van der Waals surface area contributed by atoms with Gasteiger partial charge in [-0.3, -0.25) is 0 Å². The number of rotatable bonds is 6. The number of thiophene rings is 1. The van der Waals surface area contributed by atoms with Crippen molar-refractivity contribution in [3.8, 4) is 0 Å². The van der Waals surface area contributed by atoms with E-state index in [0.29, 0.717) is 0 Å². The van der Waals surface area contributed by atoms with E-state index in [1.165, 1.54) is 16.8 Å². The molecule has 2 aromatic rings. The predicted molar refractivity (Wildman–Crippen MR) is 83.7 cm³/mol. The van der Waals surface area contributed by atoms with Crippen LogP contribution in [-0.2, 0) is 23.0 Å². The van der Waals surface area contributed by atoms with Crippen molar-refractivity contribution < 1.29 is 8.42 Å². The van der Waals surface area contributed by atoms with Crippen LogP contribution in [0.3, 0.4) is 0 Å². The van der Waals surface area contributed by atoms with E-state index in [4.69, 9.17) is 0 Å². The molecule has 0 radical (unpaired) electrons. The summed E-state index contributed by atoms with van der Waals surface area (Å²) in [6.45, 7) is 2.90. The Morgan fingerprint density at radius 3 is 2.25 bits per heavy atom. The van der Waals surface area contributed by atoms with Crippen LogP contribution in [0.4, 0.5) is 5.69 Å². The van der Waals surface area contributed by atoms with Crippen LogP contribution in [0, 0.1) is 0 Å². The largest absolute Gasteiger partial charge is 0.380 e. The standard InChI is InChI=1S/C14H18N2O2S2/c1-3-12-6-7-13(19-12)10-16-11-4-8-14(9-5-11)20(17,18)15-2/h4-9,15-16H,3,10H2,1-2H3. The van der Waals surface area contributed by atoms with E-state index >= 15 is 0 Å². The highest BCUT2D eigenvalue weighted by Crippen LogP contribution is 2.19. The van der Waals surface area contributed by atoms with Crippen molar-refractivity contribution in [2.45, 2.75) is 24.8 Å². The van der Waals surface area contributed by atoms with Crippen LogP contribution in [0.15, 0.2) is 41.3 Å². The first-order chi connectivity index (χ1) is 9.55. The lowest BCUT2D eigenvalue weighted by Gasteiger charge is -2.06. The summed E-state index contributed by atoms with van der Waals surface area (Å²) in [6, 6.07) is 11.0. The third kappa shape index (κ3) is 3.59. The molecule has 4 nitrogen and oxygen atoms in total. The zero-order chi connectivity index (χ0) is 14.6. The van der Waals surface area contributed by atoms with Gasteiger partial charge in [-0.1, -0.05) is 6.92 Å². The molecule has 0 saturated heterocycles. The van der Waals surface area contributed by atoms with Crippen LogP contribution in [-0.4, -0.2) is 15.5 Å². The highest BCUT2D eigenvalue weighted by Gasteiger charge is 2.10. The Kier molecular flexibility index (Phi) is 4.80. The highest BCUT2D eigenvalue weighted by atomic mass is 32.2. The monoisotopic (exact) mass is 310 g/mol. The third-order valence-electron chi connectivity index (χ3n) is 2.97. The van der Waals surface area contributed by atoms with Crippen molar-refractivity contribution in [2.24, 2.45) is 0 Å². The van der Waals surface area contributed by atoms with Crippen LogP contribution in [0.5, 0.6) is 0 Å². The second-order valence-electron chi connectivity index (χ2n) is 4.31. The Hall–Kier alpha value is -1.37. The Bertz CT molecular complexity index is 661. The van der Waals surface area contributed by atoms with Gasteiger partial charge >= 0.3 is 0 Å². The first kappa shape index (κ1) is 15.0. The zero-order valence-corrected chi connectivity index (χ0v) is 13.1. The maximum Gasteiger partial charge on any atom is 0.240 e. The number of aryl methyl sites for hydroxylation is 1. The van der Waals surface area contributed by atoms with Gasteiger partial charge in [-0.05, 0) is 49.9 Å². The van der Waals surface area contributed by atoms with Crippen molar-refractivity contribution >= 4 is 27.0 Å². The molecule has 0 atom stereocenters. The minimum atomic E-state index is -3.36. The SMILES string of the molecule is CCc1ccc(CNc2ccc(S(=O)(=O)NC)cc2)s1. The molecule has 6 heteroatoms. The molecule has 0 unspecified atom stereocenters. The first-order valence-corrected chi connectivity index (χ1v) is 8.70. The molecular formula is C14H18N2O2S2. The molecule has 0 aliphatic heterocycles. The van der Waals surface area contributed by atoms with E-state index in [-0.39, 0.29) is 4.90 Å². The quantitative estimate of drug-likeness (QED) is 0.862. The lowest BCUT2D eigenvalue weighted by Crippen LogP contribution is -2.18. The average molecular weight is 310 g/mol. The van der Waals surface area contributed by atoms with Gasteiger partial charge in [-0.2, -0.15) is 0 Å². The fourth-order valence-corrected chi connectivity index (χ4v) is 3.39. The molecule has 1 heterocycles. The van der Waals surface area contributed by atoms with Gasteiger partial charge in [0.2, 0.25) is 10.0 Å². The number of sulfonamides is 1. The van der Waals surface area contributed by atoms with Crippen LogP contribution in [0.2, 0.25) is 0 Å². The van der Waals surface area contributed by atoms with Gasteiger partial charge in [0.15, 0.2) is 0 Å². The third-order valence-corrected chi connectivity index (χ3v) is 5.63. The number of hydrogen-bond donors (Lipinski definition) is 2. The molecule has 0 bridgehead atoms. The maximum absolute atomic E-state index is 11.6. The average Bonchev–Trinajstić information content (AvgIpc) is 2.93. The fourth-order valence-electron chi connectivity index (χ4n) is 1.77. The van der Waals surface area contributed by atoms with Gasteiger partial charge in [0.25, 0.3) is 0 Å². The van der Waals surface area contributed by atoms with Gasteiger partial charge < -0.3 is 5.32 Å². The molecule has 2 rings (SSSR count). The van der Waals surface area contributed by atoms with Crippen LogP contribution in [0.1, 0.15) is 16.7 Å². The summed E-state index contributed by atoms with van der Waals surface area (Å²) < 4.78 is 25.5. The van der Waals surface area contributed by atoms with Gasteiger partial charge in [0, 0.05) is 22.0 Å². The second kappa shape index (κ2) is 6.39. The molecule has 0 aliphatic carbocycles. The topological polar surface area (TPSA) is 58.2 Å². The van der Waals surface area contributed by atoms with E-state index in [1.54, 1.807) is 35.6 Å². The Morgan fingerprint density at radius 2 is 1.70 bits per heavy atom. The molecule has 0 fully saturated rings. The van der Waals surface area contributed by atoms with E-state index < -0.39 is 10.0 Å². The van der Waals surface area contributed by atoms with Crippen molar-refractivity contribution in [3.63, 3.8) is 0 Å². The molecule has 0 saturated carbocycles. The summed E-state index contributed by atoms with van der Waals surface area (Å²) in [7, 11) is -1.95. The maximum atomic E-state index is 11.6. The second-order valence-corrected chi connectivity index (χ2v) is 7.45. The number of nitrogens with one attached hydrogen (secondary N) is 2. The van der Waals surface area contributed by atoms with Crippen molar-refractivity contribution in [1.82, 2.24) is 4.72 Å². The van der Waals surface area contributed by atoms with Crippen molar-refractivity contribution in [2.75, 3.05) is 12.4 Å². The summed E-state index contributed by atoms with van der Waals surface area (Å²) in [4.78, 5) is 2.92. The number of anilines is 1. The molecule has 0 spiro atoms. The number of hydrogen-bond acceptors (Lipinski definition) is 4. The molecular weight excluding hydrogens is 292 g/mol. The molecule has 0 amide bonds. The van der Waals surface area contributed by atoms with E-state index in [9.17, 15) is 8.42 Å². The summed E-state index contributed by atoms with van der Waals surface area (Å²) in [6.07, 6.45) is 1.06. The van der Waals surface area contributed by atoms with Crippen molar-refractivity contribution in [1.29, 1.82) is 0 Å². The summed E-state index contributed by atoms with van der Waals surface area (Å²) >= 11 is 1.79. The van der Waals surface area contributed by atoms with E-state index in [0.717, 1.165) is 18.7 Å².